The first kappa shape index (κ1) is 13.6. The van der Waals surface area contributed by atoms with E-state index in [0.29, 0.717) is 4.47 Å². The van der Waals surface area contributed by atoms with E-state index in [1.54, 1.807) is 19.2 Å². The van der Waals surface area contributed by atoms with Crippen LogP contribution in [0.5, 0.6) is 0 Å². The molecular weight excluding hydrogens is 332 g/mol. The molecule has 0 aliphatic heterocycles. The molecule has 0 atom stereocenters. The Morgan fingerprint density at radius 3 is 2.84 bits per heavy atom. The third-order valence-electron chi connectivity index (χ3n) is 2.29. The molecule has 0 bridgehead atoms. The molecule has 0 spiro atoms. The number of nitrogens with one attached hydrogen (secondary N) is 1. The molecule has 1 N–H and O–H groups in total. The maximum atomic E-state index is 12.1. The lowest BCUT2D eigenvalue weighted by Crippen LogP contribution is -2.14. The van der Waals surface area contributed by atoms with Crippen molar-refractivity contribution in [3.05, 3.63) is 40.5 Å². The molecule has 6 nitrogen and oxygen atoms in total. The molecule has 0 radical (unpaired) electrons. The molecule has 8 heteroatoms. The number of nitriles is 1. The van der Waals surface area contributed by atoms with Gasteiger partial charge in [0.2, 0.25) is 0 Å². The molecule has 2 rings (SSSR count). The van der Waals surface area contributed by atoms with Crippen LogP contribution in [-0.4, -0.2) is 18.2 Å². The predicted octanol–water partition coefficient (Wildman–Crippen LogP) is 1.86. The molecule has 1 heterocycles. The molecule has 19 heavy (non-hydrogen) atoms. The van der Waals surface area contributed by atoms with Crippen molar-refractivity contribution in [2.24, 2.45) is 7.05 Å². The van der Waals surface area contributed by atoms with Crippen molar-refractivity contribution in [2.45, 2.75) is 4.90 Å². The van der Waals surface area contributed by atoms with Gasteiger partial charge in [0, 0.05) is 17.7 Å². The summed E-state index contributed by atoms with van der Waals surface area (Å²) in [5.41, 5.74) is 0.168. The van der Waals surface area contributed by atoms with Crippen LogP contribution in [0.1, 0.15) is 5.56 Å². The van der Waals surface area contributed by atoms with Crippen LogP contribution in [0.4, 0.5) is 5.82 Å². The van der Waals surface area contributed by atoms with Crippen LogP contribution in [0.3, 0.4) is 0 Å². The second kappa shape index (κ2) is 5.03. The Balaban J connectivity index is 2.40. The first-order valence-electron chi connectivity index (χ1n) is 5.14. The van der Waals surface area contributed by atoms with Crippen LogP contribution in [0.2, 0.25) is 0 Å². The van der Waals surface area contributed by atoms with Gasteiger partial charge in [-0.3, -0.25) is 9.40 Å². The van der Waals surface area contributed by atoms with Gasteiger partial charge in [-0.2, -0.15) is 10.4 Å². The van der Waals surface area contributed by atoms with Crippen molar-refractivity contribution >= 4 is 31.8 Å². The number of anilines is 1. The molecule has 0 fully saturated rings. The quantitative estimate of drug-likeness (QED) is 0.923. The van der Waals surface area contributed by atoms with Crippen LogP contribution >= 0.6 is 15.9 Å². The minimum absolute atomic E-state index is 0.0185. The molecule has 0 amide bonds. The van der Waals surface area contributed by atoms with Gasteiger partial charge in [0.05, 0.1) is 4.90 Å². The van der Waals surface area contributed by atoms with E-state index < -0.39 is 10.0 Å². The number of hydrogen-bond acceptors (Lipinski definition) is 4. The predicted molar refractivity (Wildman–Crippen MR) is 72.9 cm³/mol. The summed E-state index contributed by atoms with van der Waals surface area (Å²) in [6, 6.07) is 8.15. The van der Waals surface area contributed by atoms with Gasteiger partial charge in [0.15, 0.2) is 5.82 Å². The standard InChI is InChI=1S/C11H9BrN4O2S/c1-16-7-8(6-13)11(14-16)15-19(17,18)10-4-2-3-9(12)5-10/h2-5,7H,1H3,(H,14,15). The molecule has 1 aromatic heterocycles. The van der Waals surface area contributed by atoms with Crippen LogP contribution in [0, 0.1) is 11.3 Å². The number of hydrogen-bond donors (Lipinski definition) is 1. The van der Waals surface area contributed by atoms with Crippen LogP contribution in [0.15, 0.2) is 39.8 Å². The van der Waals surface area contributed by atoms with E-state index in [2.05, 4.69) is 25.8 Å². The smallest absolute Gasteiger partial charge is 0.263 e. The fourth-order valence-electron chi connectivity index (χ4n) is 1.47. The van der Waals surface area contributed by atoms with Crippen molar-refractivity contribution in [1.82, 2.24) is 9.78 Å². The summed E-state index contributed by atoms with van der Waals surface area (Å²) in [6.07, 6.45) is 1.44. The molecule has 0 aliphatic rings. The summed E-state index contributed by atoms with van der Waals surface area (Å²) in [4.78, 5) is 0.0939. The molecule has 0 saturated carbocycles. The van der Waals surface area contributed by atoms with E-state index >= 15 is 0 Å². The first-order chi connectivity index (χ1) is 8.92. The van der Waals surface area contributed by atoms with Crippen molar-refractivity contribution < 1.29 is 8.42 Å². The summed E-state index contributed by atoms with van der Waals surface area (Å²) in [5.74, 6) is 0.0185. The maximum absolute atomic E-state index is 12.1. The van der Waals surface area contributed by atoms with E-state index in [1.165, 1.54) is 23.0 Å². The third-order valence-corrected chi connectivity index (χ3v) is 4.12. The lowest BCUT2D eigenvalue weighted by Gasteiger charge is -2.06. The molecular formula is C11H9BrN4O2S. The largest absolute Gasteiger partial charge is 0.272 e. The van der Waals surface area contributed by atoms with Crippen molar-refractivity contribution in [2.75, 3.05) is 4.72 Å². The van der Waals surface area contributed by atoms with Crippen molar-refractivity contribution in [1.29, 1.82) is 5.26 Å². The summed E-state index contributed by atoms with van der Waals surface area (Å²) in [7, 11) is -2.15. The Morgan fingerprint density at radius 2 is 2.21 bits per heavy atom. The highest BCUT2D eigenvalue weighted by molar-refractivity contribution is 9.10. The summed E-state index contributed by atoms with van der Waals surface area (Å²) < 4.78 is 28.6. The second-order valence-electron chi connectivity index (χ2n) is 3.74. The zero-order valence-corrected chi connectivity index (χ0v) is 12.2. The molecule has 0 unspecified atom stereocenters. The lowest BCUT2D eigenvalue weighted by molar-refractivity contribution is 0.601. The van der Waals surface area contributed by atoms with E-state index in [-0.39, 0.29) is 16.3 Å². The number of sulfonamides is 1. The topological polar surface area (TPSA) is 87.8 Å². The minimum Gasteiger partial charge on any atom is -0.272 e. The van der Waals surface area contributed by atoms with Gasteiger partial charge in [-0.05, 0) is 18.2 Å². The zero-order valence-electron chi connectivity index (χ0n) is 9.83. The second-order valence-corrected chi connectivity index (χ2v) is 6.34. The van der Waals surface area contributed by atoms with Crippen LogP contribution < -0.4 is 4.72 Å². The number of halogens is 1. The highest BCUT2D eigenvalue weighted by atomic mass is 79.9. The van der Waals surface area contributed by atoms with Gasteiger partial charge < -0.3 is 0 Å². The molecule has 2 aromatic rings. The average molecular weight is 341 g/mol. The zero-order chi connectivity index (χ0) is 14.0. The van der Waals surface area contributed by atoms with Crippen LogP contribution in [0.25, 0.3) is 0 Å². The Hall–Kier alpha value is -1.85. The number of nitrogens with zero attached hydrogens (tertiary/aromatic N) is 3. The van der Waals surface area contributed by atoms with Gasteiger partial charge in [0.25, 0.3) is 10.0 Å². The highest BCUT2D eigenvalue weighted by Crippen LogP contribution is 2.20. The number of aromatic nitrogens is 2. The van der Waals surface area contributed by atoms with Gasteiger partial charge in [-0.1, -0.05) is 22.0 Å². The van der Waals surface area contributed by atoms with E-state index in [9.17, 15) is 8.42 Å². The molecule has 1 aromatic carbocycles. The average Bonchev–Trinajstić information content (AvgIpc) is 2.68. The number of rotatable bonds is 3. The fraction of sp³-hybridized carbons (Fsp3) is 0.0909. The molecule has 0 saturated heterocycles. The van der Waals surface area contributed by atoms with Crippen molar-refractivity contribution in [3.8, 4) is 6.07 Å². The third kappa shape index (κ3) is 2.94. The monoisotopic (exact) mass is 340 g/mol. The van der Waals surface area contributed by atoms with E-state index in [0.717, 1.165) is 0 Å². The SMILES string of the molecule is Cn1cc(C#N)c(NS(=O)(=O)c2cccc(Br)c2)n1. The Morgan fingerprint density at radius 1 is 1.47 bits per heavy atom. The first-order valence-corrected chi connectivity index (χ1v) is 7.42. The van der Waals surface area contributed by atoms with Gasteiger partial charge in [-0.15, -0.1) is 0 Å². The number of benzene rings is 1. The maximum Gasteiger partial charge on any atom is 0.263 e. The summed E-state index contributed by atoms with van der Waals surface area (Å²) >= 11 is 3.21. The molecule has 98 valence electrons. The van der Waals surface area contributed by atoms with E-state index in [1.807, 2.05) is 6.07 Å². The van der Waals surface area contributed by atoms with Crippen LogP contribution in [-0.2, 0) is 17.1 Å². The fourth-order valence-corrected chi connectivity index (χ4v) is 3.08. The number of aryl methyl sites for hydroxylation is 1. The van der Waals surface area contributed by atoms with Gasteiger partial charge in [0.1, 0.15) is 11.6 Å². The summed E-state index contributed by atoms with van der Waals surface area (Å²) in [6.45, 7) is 0. The van der Waals surface area contributed by atoms with Gasteiger partial charge >= 0.3 is 0 Å². The Kier molecular flexibility index (Phi) is 3.59. The van der Waals surface area contributed by atoms with Crippen molar-refractivity contribution in [3.63, 3.8) is 0 Å². The lowest BCUT2D eigenvalue weighted by atomic mass is 10.4. The highest BCUT2D eigenvalue weighted by Gasteiger charge is 2.18. The van der Waals surface area contributed by atoms with E-state index in [4.69, 9.17) is 5.26 Å². The minimum atomic E-state index is -3.76. The normalized spacial score (nSPS) is 11.0. The summed E-state index contributed by atoms with van der Waals surface area (Å²) in [5, 5.41) is 12.8. The Bertz CT molecular complexity index is 761. The Labute approximate surface area is 118 Å². The molecule has 0 aliphatic carbocycles. The van der Waals surface area contributed by atoms with Gasteiger partial charge in [-0.25, -0.2) is 8.42 Å².